The van der Waals surface area contributed by atoms with Crippen LogP contribution in [0.15, 0.2) is 24.4 Å². The number of carbonyl (C=O) groups is 1. The molecule has 2 aliphatic rings. The highest BCUT2D eigenvalue weighted by Gasteiger charge is 2.28. The third-order valence-electron chi connectivity index (χ3n) is 5.24. The molecular formula is C18H24N4O. The number of likely N-dealkylation sites (tertiary alicyclic amines) is 2. The first kappa shape index (κ1) is 14.7. The second-order valence-electron chi connectivity index (χ2n) is 6.85. The topological polar surface area (TPSA) is 52.2 Å². The lowest BCUT2D eigenvalue weighted by Gasteiger charge is -2.38. The summed E-state index contributed by atoms with van der Waals surface area (Å²) in [6.07, 6.45) is 7.38. The molecule has 1 unspecified atom stereocenters. The van der Waals surface area contributed by atoms with Gasteiger partial charge in [0.15, 0.2) is 0 Å². The molecule has 122 valence electrons. The van der Waals surface area contributed by atoms with Crippen LogP contribution in [0.1, 0.15) is 37.7 Å². The second kappa shape index (κ2) is 6.32. The maximum atomic E-state index is 11.9. The van der Waals surface area contributed by atoms with Crippen LogP contribution in [0.4, 0.5) is 0 Å². The quantitative estimate of drug-likeness (QED) is 0.944. The molecule has 1 aromatic heterocycles. The summed E-state index contributed by atoms with van der Waals surface area (Å²) >= 11 is 0. The van der Waals surface area contributed by atoms with Gasteiger partial charge in [0, 0.05) is 37.5 Å². The Morgan fingerprint density at radius 2 is 2.17 bits per heavy atom. The lowest BCUT2D eigenvalue weighted by Crippen LogP contribution is -2.46. The number of piperidine rings is 1. The van der Waals surface area contributed by atoms with Crippen LogP contribution in [0, 0.1) is 0 Å². The Balaban J connectivity index is 1.47. The molecule has 0 bridgehead atoms. The highest BCUT2D eigenvalue weighted by Crippen LogP contribution is 2.23. The fourth-order valence-electron chi connectivity index (χ4n) is 3.94. The summed E-state index contributed by atoms with van der Waals surface area (Å²) in [4.78, 5) is 16.6. The molecule has 1 aromatic carbocycles. The van der Waals surface area contributed by atoms with Gasteiger partial charge in [0.05, 0.1) is 11.7 Å². The zero-order valence-electron chi connectivity index (χ0n) is 13.5. The van der Waals surface area contributed by atoms with Crippen molar-refractivity contribution in [3.63, 3.8) is 0 Å². The Kier molecular flexibility index (Phi) is 4.04. The molecule has 4 rings (SSSR count). The molecule has 5 nitrogen and oxygen atoms in total. The molecule has 0 radical (unpaired) electrons. The van der Waals surface area contributed by atoms with Gasteiger partial charge in [0.2, 0.25) is 5.91 Å². The fraction of sp³-hybridized carbons (Fsp3) is 0.556. The number of aromatic nitrogens is 2. The van der Waals surface area contributed by atoms with E-state index in [-0.39, 0.29) is 0 Å². The first-order chi connectivity index (χ1) is 11.3. The largest absolute Gasteiger partial charge is 0.341 e. The van der Waals surface area contributed by atoms with Crippen LogP contribution in [0.2, 0.25) is 0 Å². The third kappa shape index (κ3) is 3.11. The van der Waals surface area contributed by atoms with Crippen LogP contribution in [-0.2, 0) is 11.3 Å². The number of hydrogen-bond donors (Lipinski definition) is 1. The van der Waals surface area contributed by atoms with Crippen molar-refractivity contribution < 1.29 is 4.79 Å². The van der Waals surface area contributed by atoms with E-state index in [2.05, 4.69) is 38.2 Å². The van der Waals surface area contributed by atoms with E-state index in [1.54, 1.807) is 0 Å². The minimum absolute atomic E-state index is 0.342. The van der Waals surface area contributed by atoms with E-state index < -0.39 is 0 Å². The molecule has 0 saturated carbocycles. The molecule has 5 heteroatoms. The average Bonchev–Trinajstić information content (AvgIpc) is 3.18. The van der Waals surface area contributed by atoms with Gasteiger partial charge in [-0.15, -0.1) is 0 Å². The number of benzene rings is 1. The van der Waals surface area contributed by atoms with Crippen molar-refractivity contribution in [1.29, 1.82) is 0 Å². The predicted molar refractivity (Wildman–Crippen MR) is 90.0 cm³/mol. The van der Waals surface area contributed by atoms with Gasteiger partial charge in [-0.3, -0.25) is 14.8 Å². The van der Waals surface area contributed by atoms with Gasteiger partial charge in [-0.05, 0) is 37.4 Å². The fourth-order valence-corrected chi connectivity index (χ4v) is 3.94. The van der Waals surface area contributed by atoms with Gasteiger partial charge >= 0.3 is 0 Å². The molecule has 2 aliphatic heterocycles. The second-order valence-corrected chi connectivity index (χ2v) is 6.85. The first-order valence-corrected chi connectivity index (χ1v) is 8.73. The molecule has 2 saturated heterocycles. The van der Waals surface area contributed by atoms with Crippen molar-refractivity contribution in [3.8, 4) is 0 Å². The Morgan fingerprint density at radius 1 is 1.22 bits per heavy atom. The van der Waals surface area contributed by atoms with E-state index in [0.717, 1.165) is 49.9 Å². The molecule has 2 aromatic rings. The number of H-pyrrole nitrogens is 1. The van der Waals surface area contributed by atoms with E-state index in [1.165, 1.54) is 24.8 Å². The van der Waals surface area contributed by atoms with Crippen LogP contribution < -0.4 is 0 Å². The number of nitrogens with one attached hydrogen (secondary N) is 1. The van der Waals surface area contributed by atoms with Crippen molar-refractivity contribution in [1.82, 2.24) is 20.0 Å². The van der Waals surface area contributed by atoms with E-state index in [4.69, 9.17) is 0 Å². The van der Waals surface area contributed by atoms with Crippen LogP contribution >= 0.6 is 0 Å². The third-order valence-corrected chi connectivity index (χ3v) is 5.24. The highest BCUT2D eigenvalue weighted by molar-refractivity contribution is 5.78. The van der Waals surface area contributed by atoms with E-state index >= 15 is 0 Å². The first-order valence-electron chi connectivity index (χ1n) is 8.73. The van der Waals surface area contributed by atoms with Gasteiger partial charge in [-0.1, -0.05) is 18.6 Å². The van der Waals surface area contributed by atoms with Crippen LogP contribution in [0.5, 0.6) is 0 Å². The Morgan fingerprint density at radius 3 is 3.04 bits per heavy atom. The zero-order valence-corrected chi connectivity index (χ0v) is 13.5. The Hall–Kier alpha value is -1.88. The zero-order chi connectivity index (χ0) is 15.6. The Bertz CT molecular complexity index is 695. The van der Waals surface area contributed by atoms with Gasteiger partial charge < -0.3 is 4.90 Å². The standard InChI is InChI=1S/C18H24N4O/c23-18-5-3-9-22(18)13-16-4-1-2-8-21(16)12-14-6-7-15-11-19-20-17(15)10-14/h6-7,10-11,16H,1-5,8-9,12-13H2,(H,19,20). The summed E-state index contributed by atoms with van der Waals surface area (Å²) in [5.74, 6) is 0.342. The van der Waals surface area contributed by atoms with E-state index in [0.29, 0.717) is 11.9 Å². The lowest BCUT2D eigenvalue weighted by molar-refractivity contribution is -0.128. The summed E-state index contributed by atoms with van der Waals surface area (Å²) in [5, 5.41) is 8.31. The van der Waals surface area contributed by atoms with Gasteiger partial charge in [-0.25, -0.2) is 0 Å². The Labute approximate surface area is 136 Å². The number of carbonyl (C=O) groups excluding carboxylic acids is 1. The number of aromatic amines is 1. The smallest absolute Gasteiger partial charge is 0.222 e. The van der Waals surface area contributed by atoms with Gasteiger partial charge in [0.25, 0.3) is 0 Å². The highest BCUT2D eigenvalue weighted by atomic mass is 16.2. The summed E-state index contributed by atoms with van der Waals surface area (Å²) in [5.41, 5.74) is 2.42. The minimum Gasteiger partial charge on any atom is -0.341 e. The molecule has 1 amide bonds. The number of rotatable bonds is 4. The van der Waals surface area contributed by atoms with E-state index in [1.807, 2.05) is 6.20 Å². The maximum Gasteiger partial charge on any atom is 0.222 e. The van der Waals surface area contributed by atoms with Gasteiger partial charge in [0.1, 0.15) is 0 Å². The maximum absolute atomic E-state index is 11.9. The molecular weight excluding hydrogens is 288 g/mol. The van der Waals surface area contributed by atoms with Crippen molar-refractivity contribution in [2.45, 2.75) is 44.7 Å². The number of amides is 1. The van der Waals surface area contributed by atoms with Crippen LogP contribution in [-0.4, -0.2) is 51.6 Å². The molecule has 3 heterocycles. The predicted octanol–water partition coefficient (Wildman–Crippen LogP) is 2.54. The van der Waals surface area contributed by atoms with Crippen molar-refractivity contribution >= 4 is 16.8 Å². The van der Waals surface area contributed by atoms with Crippen molar-refractivity contribution in [2.24, 2.45) is 0 Å². The number of fused-ring (bicyclic) bond motifs is 1. The molecule has 0 aliphatic carbocycles. The monoisotopic (exact) mass is 312 g/mol. The molecule has 1 atom stereocenters. The normalized spacial score (nSPS) is 23.0. The molecule has 2 fully saturated rings. The van der Waals surface area contributed by atoms with Crippen LogP contribution in [0.25, 0.3) is 10.9 Å². The summed E-state index contributed by atoms with van der Waals surface area (Å²) in [6.45, 7) is 3.95. The summed E-state index contributed by atoms with van der Waals surface area (Å²) in [7, 11) is 0. The summed E-state index contributed by atoms with van der Waals surface area (Å²) < 4.78 is 0. The SMILES string of the molecule is O=C1CCCN1CC1CCCCN1Cc1ccc2cn[nH]c2c1. The molecule has 0 spiro atoms. The lowest BCUT2D eigenvalue weighted by atomic mass is 10.0. The molecule has 23 heavy (non-hydrogen) atoms. The molecule has 1 N–H and O–H groups in total. The average molecular weight is 312 g/mol. The van der Waals surface area contributed by atoms with E-state index in [9.17, 15) is 4.79 Å². The number of hydrogen-bond acceptors (Lipinski definition) is 3. The van der Waals surface area contributed by atoms with Crippen molar-refractivity contribution in [2.75, 3.05) is 19.6 Å². The van der Waals surface area contributed by atoms with Gasteiger partial charge in [-0.2, -0.15) is 5.10 Å². The summed E-state index contributed by atoms with van der Waals surface area (Å²) in [6, 6.07) is 7.04. The number of nitrogens with zero attached hydrogens (tertiary/aromatic N) is 3. The minimum atomic E-state index is 0.342. The van der Waals surface area contributed by atoms with Crippen LogP contribution in [0.3, 0.4) is 0 Å². The van der Waals surface area contributed by atoms with Crippen molar-refractivity contribution in [3.05, 3.63) is 30.0 Å².